The molecule has 1 unspecified atom stereocenters. The zero-order valence-electron chi connectivity index (χ0n) is 23.4. The minimum atomic E-state index is -1.25. The molecule has 0 bridgehead atoms. The van der Waals surface area contributed by atoms with Gasteiger partial charge in [-0.05, 0) is 50.2 Å². The fourth-order valence-electron chi connectivity index (χ4n) is 4.91. The number of nitrogens with two attached hydrogens (primary N) is 1. The van der Waals surface area contributed by atoms with Crippen molar-refractivity contribution in [2.24, 2.45) is 5.73 Å². The number of aromatic nitrogens is 2. The van der Waals surface area contributed by atoms with Gasteiger partial charge in [-0.1, -0.05) is 29.3 Å². The van der Waals surface area contributed by atoms with Gasteiger partial charge in [0, 0.05) is 34.5 Å². The van der Waals surface area contributed by atoms with Crippen LogP contribution in [0.3, 0.4) is 0 Å². The molecule has 5 rings (SSSR count). The number of carbonyl (C=O) groups is 2. The minimum Gasteiger partial charge on any atom is -0.494 e. The molecule has 222 valence electrons. The molecule has 0 spiro atoms. The maximum atomic E-state index is 14.5. The van der Waals surface area contributed by atoms with Crippen LogP contribution in [0.5, 0.6) is 11.5 Å². The number of rotatable bonds is 8. The number of nitrogens with one attached hydrogen (secondary N) is 1. The van der Waals surface area contributed by atoms with Gasteiger partial charge in [0.25, 0.3) is 5.91 Å². The SMILES string of the molecule is C=CC(CNC(=O)c1cc(OC)c2nc(C)c(Cl)cc2c1)c1cc2c(c(-c3ccc(F)c(F)c3Cl)n1)OC[C@]2(C)C(N)=O. The molecule has 0 saturated heterocycles. The van der Waals surface area contributed by atoms with E-state index in [9.17, 15) is 18.4 Å². The van der Waals surface area contributed by atoms with Crippen LogP contribution in [0.2, 0.25) is 10.0 Å². The number of hydrogen-bond donors (Lipinski definition) is 2. The lowest BCUT2D eigenvalue weighted by atomic mass is 9.82. The first-order chi connectivity index (χ1) is 20.4. The van der Waals surface area contributed by atoms with Crippen molar-refractivity contribution in [3.8, 4) is 22.8 Å². The summed E-state index contributed by atoms with van der Waals surface area (Å²) in [5.41, 5.74) is 6.92. The Morgan fingerprint density at radius 2 is 1.98 bits per heavy atom. The van der Waals surface area contributed by atoms with Crippen LogP contribution in [-0.4, -0.2) is 42.0 Å². The van der Waals surface area contributed by atoms with Gasteiger partial charge in [0.2, 0.25) is 5.91 Å². The first-order valence-electron chi connectivity index (χ1n) is 13.1. The molecule has 2 atom stereocenters. The first-order valence-corrected chi connectivity index (χ1v) is 13.8. The summed E-state index contributed by atoms with van der Waals surface area (Å²) in [4.78, 5) is 34.9. The van der Waals surface area contributed by atoms with E-state index in [0.717, 1.165) is 6.07 Å². The van der Waals surface area contributed by atoms with E-state index in [-0.39, 0.29) is 30.2 Å². The predicted octanol–water partition coefficient (Wildman–Crippen LogP) is 6.03. The number of carbonyl (C=O) groups excluding carboxylic acids is 2. The van der Waals surface area contributed by atoms with Crippen LogP contribution in [-0.2, 0) is 10.2 Å². The summed E-state index contributed by atoms with van der Waals surface area (Å²) in [7, 11) is 1.48. The van der Waals surface area contributed by atoms with Gasteiger partial charge >= 0.3 is 0 Å². The van der Waals surface area contributed by atoms with Crippen molar-refractivity contribution >= 4 is 45.9 Å². The molecule has 1 aliphatic heterocycles. The number of ether oxygens (including phenoxy) is 2. The van der Waals surface area contributed by atoms with E-state index in [1.807, 2.05) is 0 Å². The number of methoxy groups -OCH3 is 1. The number of primary amides is 1. The van der Waals surface area contributed by atoms with Crippen LogP contribution in [0.4, 0.5) is 8.78 Å². The molecule has 2 amide bonds. The monoisotopic (exact) mass is 626 g/mol. The quantitative estimate of drug-likeness (QED) is 0.182. The van der Waals surface area contributed by atoms with Crippen LogP contribution in [0, 0.1) is 18.6 Å². The van der Waals surface area contributed by atoms with Gasteiger partial charge in [-0.3, -0.25) is 9.59 Å². The highest BCUT2D eigenvalue weighted by atomic mass is 35.5. The van der Waals surface area contributed by atoms with Gasteiger partial charge in [0.1, 0.15) is 34.7 Å². The van der Waals surface area contributed by atoms with Gasteiger partial charge in [-0.15, -0.1) is 6.58 Å². The Balaban J connectivity index is 1.53. The molecule has 0 aliphatic carbocycles. The Morgan fingerprint density at radius 3 is 2.65 bits per heavy atom. The van der Waals surface area contributed by atoms with E-state index >= 15 is 0 Å². The number of fused-ring (bicyclic) bond motifs is 2. The standard InChI is InChI=1S/C31H26Cl2F2N4O4/c1-5-15(12-37-29(40)17-8-16-9-20(32)14(2)38-26(16)23(10-17)42-4)22-11-19-28(43-13-31(19,3)30(36)41)27(39-22)18-6-7-21(34)25(35)24(18)33/h5-11,15H,1,12-13H2,2-4H3,(H2,36,41)(H,37,40)/t15?,31-/m0/s1. The number of hydrogen-bond acceptors (Lipinski definition) is 6. The Hall–Kier alpha value is -4.28. The Labute approximate surface area is 255 Å². The molecule has 43 heavy (non-hydrogen) atoms. The van der Waals surface area contributed by atoms with E-state index in [1.165, 1.54) is 13.2 Å². The lowest BCUT2D eigenvalue weighted by molar-refractivity contribution is -0.123. The fourth-order valence-corrected chi connectivity index (χ4v) is 5.31. The van der Waals surface area contributed by atoms with Crippen molar-refractivity contribution in [2.45, 2.75) is 25.2 Å². The summed E-state index contributed by atoms with van der Waals surface area (Å²) in [5.74, 6) is -3.45. The summed E-state index contributed by atoms with van der Waals surface area (Å²) < 4.78 is 39.6. The van der Waals surface area contributed by atoms with Crippen LogP contribution in [0.1, 0.15) is 40.2 Å². The third kappa shape index (κ3) is 5.25. The average Bonchev–Trinajstić information content (AvgIpc) is 3.34. The van der Waals surface area contributed by atoms with Crippen LogP contribution >= 0.6 is 23.2 Å². The van der Waals surface area contributed by atoms with Crippen molar-refractivity contribution in [2.75, 3.05) is 20.3 Å². The maximum Gasteiger partial charge on any atom is 0.251 e. The van der Waals surface area contributed by atoms with E-state index in [4.69, 9.17) is 38.4 Å². The molecule has 0 fully saturated rings. The van der Waals surface area contributed by atoms with Gasteiger partial charge in [0.05, 0.1) is 28.5 Å². The topological polar surface area (TPSA) is 116 Å². The third-order valence-corrected chi connectivity index (χ3v) is 8.32. The summed E-state index contributed by atoms with van der Waals surface area (Å²) >= 11 is 12.4. The second kappa shape index (κ2) is 11.4. The summed E-state index contributed by atoms with van der Waals surface area (Å²) in [6.07, 6.45) is 1.57. The highest BCUT2D eigenvalue weighted by Crippen LogP contribution is 2.47. The van der Waals surface area contributed by atoms with Crippen molar-refractivity contribution in [1.29, 1.82) is 0 Å². The second-order valence-corrected chi connectivity index (χ2v) is 11.1. The number of pyridine rings is 2. The van der Waals surface area contributed by atoms with Crippen LogP contribution in [0.15, 0.2) is 49.1 Å². The largest absolute Gasteiger partial charge is 0.494 e. The molecule has 8 nitrogen and oxygen atoms in total. The molecule has 3 N–H and O–H groups in total. The summed E-state index contributed by atoms with van der Waals surface area (Å²) in [5, 5.41) is 3.45. The molecule has 3 heterocycles. The van der Waals surface area contributed by atoms with Crippen molar-refractivity contribution in [3.05, 3.63) is 93.2 Å². The summed E-state index contributed by atoms with van der Waals surface area (Å²) in [6.45, 7) is 7.23. The van der Waals surface area contributed by atoms with Gasteiger partial charge in [-0.2, -0.15) is 0 Å². The Morgan fingerprint density at radius 1 is 1.23 bits per heavy atom. The smallest absolute Gasteiger partial charge is 0.251 e. The lowest BCUT2D eigenvalue weighted by Gasteiger charge is -2.21. The van der Waals surface area contributed by atoms with E-state index in [1.54, 1.807) is 44.2 Å². The highest BCUT2D eigenvalue weighted by molar-refractivity contribution is 6.33. The molecule has 2 aromatic carbocycles. The third-order valence-electron chi connectivity index (χ3n) is 7.57. The number of benzene rings is 2. The lowest BCUT2D eigenvalue weighted by Crippen LogP contribution is -2.39. The first kappa shape index (κ1) is 30.2. The van der Waals surface area contributed by atoms with Gasteiger partial charge in [0.15, 0.2) is 11.6 Å². The molecular formula is C31H26Cl2F2N4O4. The zero-order valence-corrected chi connectivity index (χ0v) is 24.9. The molecule has 0 saturated carbocycles. The number of nitrogens with zero attached hydrogens (tertiary/aromatic N) is 2. The zero-order chi connectivity index (χ0) is 31.2. The van der Waals surface area contributed by atoms with E-state index in [0.29, 0.717) is 44.2 Å². The van der Waals surface area contributed by atoms with Gasteiger partial charge in [-0.25, -0.2) is 18.7 Å². The molecular weight excluding hydrogens is 601 g/mol. The average molecular weight is 627 g/mol. The van der Waals surface area contributed by atoms with Crippen molar-refractivity contribution in [3.63, 3.8) is 0 Å². The van der Waals surface area contributed by atoms with Crippen molar-refractivity contribution in [1.82, 2.24) is 15.3 Å². The van der Waals surface area contributed by atoms with Gasteiger partial charge < -0.3 is 20.5 Å². The molecule has 4 aromatic rings. The van der Waals surface area contributed by atoms with E-state index in [2.05, 4.69) is 21.9 Å². The Kier molecular flexibility index (Phi) is 8.02. The summed E-state index contributed by atoms with van der Waals surface area (Å²) in [6, 6.07) is 8.78. The van der Waals surface area contributed by atoms with E-state index < -0.39 is 39.8 Å². The van der Waals surface area contributed by atoms with Crippen molar-refractivity contribution < 1.29 is 27.8 Å². The molecule has 12 heteroatoms. The maximum absolute atomic E-state index is 14.5. The number of aryl methyl sites for hydroxylation is 1. The fraction of sp³-hybridized carbons (Fsp3) is 0.226. The molecule has 1 aliphatic rings. The second-order valence-electron chi connectivity index (χ2n) is 10.3. The molecule has 2 aromatic heterocycles. The predicted molar refractivity (Wildman–Crippen MR) is 160 cm³/mol. The Bertz CT molecular complexity index is 1830. The highest BCUT2D eigenvalue weighted by Gasteiger charge is 2.44. The minimum absolute atomic E-state index is 0.0421. The molecule has 0 radical (unpaired) electrons. The van der Waals surface area contributed by atoms with Crippen LogP contribution < -0.4 is 20.5 Å². The number of amides is 2. The number of halogens is 4. The van der Waals surface area contributed by atoms with Crippen LogP contribution in [0.25, 0.3) is 22.2 Å². The normalized spacial score (nSPS) is 16.3.